The van der Waals surface area contributed by atoms with Crippen LogP contribution in [0.3, 0.4) is 0 Å². The summed E-state index contributed by atoms with van der Waals surface area (Å²) in [5.74, 6) is 0.191. The van der Waals surface area contributed by atoms with Crippen LogP contribution in [0, 0.1) is 5.92 Å². The van der Waals surface area contributed by atoms with E-state index in [2.05, 4.69) is 6.92 Å². The number of rotatable bonds is 7. The molecule has 1 unspecified atom stereocenters. The van der Waals surface area contributed by atoms with Crippen molar-refractivity contribution < 1.29 is 19.4 Å². The minimum absolute atomic E-state index is 0.0469. The van der Waals surface area contributed by atoms with Crippen molar-refractivity contribution in [1.82, 2.24) is 4.90 Å². The quantitative estimate of drug-likeness (QED) is 0.648. The highest BCUT2D eigenvalue weighted by molar-refractivity contribution is 6.45. The molecule has 33 heavy (non-hydrogen) atoms. The van der Waals surface area contributed by atoms with E-state index in [1.165, 1.54) is 4.90 Å². The molecule has 4 rings (SSSR count). The lowest BCUT2D eigenvalue weighted by atomic mass is 9.97. The van der Waals surface area contributed by atoms with Gasteiger partial charge in [0.25, 0.3) is 11.8 Å². The number of piperidine rings is 1. The van der Waals surface area contributed by atoms with Gasteiger partial charge in [-0.1, -0.05) is 31.2 Å². The summed E-state index contributed by atoms with van der Waals surface area (Å²) < 4.78 is 5.75. The van der Waals surface area contributed by atoms with E-state index in [4.69, 9.17) is 4.74 Å². The van der Waals surface area contributed by atoms with Crippen molar-refractivity contribution in [2.45, 2.75) is 46.1 Å². The Morgan fingerprint density at radius 3 is 2.33 bits per heavy atom. The zero-order valence-electron chi connectivity index (χ0n) is 19.6. The first-order chi connectivity index (χ1) is 15.9. The summed E-state index contributed by atoms with van der Waals surface area (Å²) in [6, 6.07) is 14.9. The Labute approximate surface area is 195 Å². The predicted molar refractivity (Wildman–Crippen MR) is 129 cm³/mol. The first-order valence-corrected chi connectivity index (χ1v) is 11.8. The number of ether oxygens (including phenoxy) is 1. The van der Waals surface area contributed by atoms with E-state index in [-0.39, 0.29) is 30.4 Å². The number of aliphatic hydroxyl groups excluding tert-OH is 1. The summed E-state index contributed by atoms with van der Waals surface area (Å²) in [6.45, 7) is 7.31. The molecule has 6 heteroatoms. The Morgan fingerprint density at radius 1 is 1.03 bits per heavy atom. The van der Waals surface area contributed by atoms with Crippen molar-refractivity contribution in [2.24, 2.45) is 5.92 Å². The zero-order valence-corrected chi connectivity index (χ0v) is 19.6. The molecule has 6 nitrogen and oxygen atoms in total. The van der Waals surface area contributed by atoms with Crippen LogP contribution in [-0.4, -0.2) is 47.6 Å². The van der Waals surface area contributed by atoms with Crippen LogP contribution in [0.1, 0.15) is 44.7 Å². The van der Waals surface area contributed by atoms with E-state index in [0.717, 1.165) is 30.6 Å². The molecular weight excluding hydrogens is 416 g/mol. The molecule has 0 spiro atoms. The topological polar surface area (TPSA) is 70.1 Å². The summed E-state index contributed by atoms with van der Waals surface area (Å²) in [6.07, 6.45) is 2.72. The van der Waals surface area contributed by atoms with Crippen LogP contribution in [0.5, 0.6) is 5.75 Å². The molecule has 0 bridgehead atoms. The molecule has 2 heterocycles. The predicted octanol–water partition coefficient (Wildman–Crippen LogP) is 4.03. The summed E-state index contributed by atoms with van der Waals surface area (Å²) in [4.78, 5) is 30.6. The van der Waals surface area contributed by atoms with Gasteiger partial charge >= 0.3 is 0 Å². The zero-order chi connectivity index (χ0) is 23.5. The fourth-order valence-electron chi connectivity index (χ4n) is 4.58. The van der Waals surface area contributed by atoms with Gasteiger partial charge in [-0.2, -0.15) is 0 Å². The molecule has 0 aromatic heterocycles. The number of imide groups is 1. The number of amides is 2. The average Bonchev–Trinajstić information content (AvgIpc) is 3.09. The molecule has 1 fully saturated rings. The van der Waals surface area contributed by atoms with E-state index in [1.54, 1.807) is 0 Å². The Morgan fingerprint density at radius 2 is 1.73 bits per heavy atom. The highest BCUT2D eigenvalue weighted by Gasteiger charge is 2.43. The van der Waals surface area contributed by atoms with Gasteiger partial charge in [-0.05, 0) is 74.4 Å². The number of aryl methyl sites for hydroxylation is 1. The maximum absolute atomic E-state index is 13.7. The van der Waals surface area contributed by atoms with Crippen molar-refractivity contribution in [3.63, 3.8) is 0 Å². The third-order valence-corrected chi connectivity index (χ3v) is 6.27. The molecule has 1 atom stereocenters. The highest BCUT2D eigenvalue weighted by Crippen LogP contribution is 2.37. The lowest BCUT2D eigenvalue weighted by molar-refractivity contribution is -0.120. The first-order valence-electron chi connectivity index (χ1n) is 11.8. The standard InChI is InChI=1S/C27H32N2O4/c1-4-19-7-11-22(12-8-19)29-26(31)24(21-9-13-23(14-10-21)33-18(2)3)25(27(29)32)28-15-5-6-20(16-28)17-30/h7-14,18,20,30H,4-6,15-17H2,1-3H3. The molecular formula is C27H32N2O4. The summed E-state index contributed by atoms with van der Waals surface area (Å²) in [5, 5.41) is 9.72. The average molecular weight is 449 g/mol. The maximum Gasteiger partial charge on any atom is 0.282 e. The smallest absolute Gasteiger partial charge is 0.282 e. The molecule has 2 aromatic carbocycles. The number of carbonyl (C=O) groups is 2. The van der Waals surface area contributed by atoms with Crippen LogP contribution in [0.25, 0.3) is 5.57 Å². The Kier molecular flexibility index (Phi) is 6.84. The third-order valence-electron chi connectivity index (χ3n) is 6.27. The van der Waals surface area contributed by atoms with Crippen molar-refractivity contribution in [3.8, 4) is 5.75 Å². The van der Waals surface area contributed by atoms with Crippen LogP contribution < -0.4 is 9.64 Å². The maximum atomic E-state index is 13.7. The molecule has 0 aliphatic carbocycles. The van der Waals surface area contributed by atoms with Crippen molar-refractivity contribution in [2.75, 3.05) is 24.6 Å². The van der Waals surface area contributed by atoms with Crippen LogP contribution in [0.4, 0.5) is 5.69 Å². The van der Waals surface area contributed by atoms with Crippen LogP contribution in [0.2, 0.25) is 0 Å². The van der Waals surface area contributed by atoms with Gasteiger partial charge in [-0.15, -0.1) is 0 Å². The van der Waals surface area contributed by atoms with Gasteiger partial charge in [-0.3, -0.25) is 9.59 Å². The number of hydrogen-bond acceptors (Lipinski definition) is 5. The summed E-state index contributed by atoms with van der Waals surface area (Å²) in [7, 11) is 0. The number of anilines is 1. The van der Waals surface area contributed by atoms with Gasteiger partial charge in [0.1, 0.15) is 11.4 Å². The second-order valence-electron chi connectivity index (χ2n) is 9.02. The molecule has 1 N–H and O–H groups in total. The molecule has 174 valence electrons. The van der Waals surface area contributed by atoms with Crippen molar-refractivity contribution in [3.05, 3.63) is 65.4 Å². The van der Waals surface area contributed by atoms with Crippen molar-refractivity contribution >= 4 is 23.1 Å². The number of aliphatic hydroxyl groups is 1. The molecule has 2 amide bonds. The SMILES string of the molecule is CCc1ccc(N2C(=O)C(c3ccc(OC(C)C)cc3)=C(N3CCCC(CO)C3)C2=O)cc1. The molecule has 2 aromatic rings. The Hall–Kier alpha value is -3.12. The van der Waals surface area contributed by atoms with Gasteiger partial charge in [0.05, 0.1) is 17.4 Å². The highest BCUT2D eigenvalue weighted by atomic mass is 16.5. The Bertz CT molecular complexity index is 1040. The molecule has 2 aliphatic rings. The lowest BCUT2D eigenvalue weighted by Crippen LogP contribution is -2.40. The fourth-order valence-corrected chi connectivity index (χ4v) is 4.58. The second-order valence-corrected chi connectivity index (χ2v) is 9.02. The molecule has 2 aliphatic heterocycles. The molecule has 0 radical (unpaired) electrons. The fraction of sp³-hybridized carbons (Fsp3) is 0.407. The van der Waals surface area contributed by atoms with Crippen LogP contribution in [0.15, 0.2) is 54.2 Å². The Balaban J connectivity index is 1.75. The second kappa shape index (κ2) is 9.79. The van der Waals surface area contributed by atoms with E-state index in [0.29, 0.717) is 35.6 Å². The van der Waals surface area contributed by atoms with Gasteiger partial charge < -0.3 is 14.7 Å². The third kappa shape index (κ3) is 4.67. The van der Waals surface area contributed by atoms with Gasteiger partial charge in [0.2, 0.25) is 0 Å². The minimum atomic E-state index is -0.317. The van der Waals surface area contributed by atoms with E-state index in [1.807, 2.05) is 67.3 Å². The lowest BCUT2D eigenvalue weighted by Gasteiger charge is -2.34. The first kappa shape index (κ1) is 23.1. The van der Waals surface area contributed by atoms with E-state index in [9.17, 15) is 14.7 Å². The van der Waals surface area contributed by atoms with Crippen LogP contribution in [-0.2, 0) is 16.0 Å². The summed E-state index contributed by atoms with van der Waals surface area (Å²) in [5.41, 5.74) is 3.25. The molecule has 1 saturated heterocycles. The molecule has 0 saturated carbocycles. The van der Waals surface area contributed by atoms with Gasteiger partial charge in [-0.25, -0.2) is 4.90 Å². The number of benzene rings is 2. The summed E-state index contributed by atoms with van der Waals surface area (Å²) >= 11 is 0. The number of likely N-dealkylation sites (tertiary alicyclic amines) is 1. The monoisotopic (exact) mass is 448 g/mol. The van der Waals surface area contributed by atoms with E-state index < -0.39 is 0 Å². The minimum Gasteiger partial charge on any atom is -0.491 e. The van der Waals surface area contributed by atoms with Crippen LogP contribution >= 0.6 is 0 Å². The van der Waals surface area contributed by atoms with E-state index >= 15 is 0 Å². The number of nitrogens with zero attached hydrogens (tertiary/aromatic N) is 2. The van der Waals surface area contributed by atoms with Gasteiger partial charge in [0.15, 0.2) is 0 Å². The number of hydrogen-bond donors (Lipinski definition) is 1. The number of carbonyl (C=O) groups excluding carboxylic acids is 2. The largest absolute Gasteiger partial charge is 0.491 e. The van der Waals surface area contributed by atoms with Crippen molar-refractivity contribution in [1.29, 1.82) is 0 Å². The normalized spacial score (nSPS) is 19.1. The van der Waals surface area contributed by atoms with Gasteiger partial charge in [0, 0.05) is 19.7 Å².